The lowest BCUT2D eigenvalue weighted by molar-refractivity contribution is 0.0646. The molecule has 1 N–H and O–H groups in total. The van der Waals surface area contributed by atoms with Crippen LogP contribution in [0.25, 0.3) is 17.1 Å². The summed E-state index contributed by atoms with van der Waals surface area (Å²) in [5, 5.41) is 16.6. The summed E-state index contributed by atoms with van der Waals surface area (Å²) in [5.74, 6) is -0.877. The highest BCUT2D eigenvalue weighted by molar-refractivity contribution is 5.90. The Kier molecular flexibility index (Phi) is 3.93. The van der Waals surface area contributed by atoms with E-state index in [0.29, 0.717) is 35.6 Å². The van der Waals surface area contributed by atoms with E-state index in [2.05, 4.69) is 30.4 Å². The molecule has 0 spiro atoms. The van der Waals surface area contributed by atoms with Gasteiger partial charge in [0, 0.05) is 38.1 Å². The molecular formula is C20H16FN9O2. The Morgan fingerprint density at radius 2 is 2.16 bits per heavy atom. The molecule has 1 atom stereocenters. The van der Waals surface area contributed by atoms with Gasteiger partial charge >= 0.3 is 11.8 Å². The third kappa shape index (κ3) is 2.80. The zero-order valence-corrected chi connectivity index (χ0v) is 16.8. The number of halogens is 1. The van der Waals surface area contributed by atoms with Crippen molar-refractivity contribution in [2.75, 3.05) is 6.54 Å². The van der Waals surface area contributed by atoms with Gasteiger partial charge < -0.3 is 14.3 Å². The second-order valence-corrected chi connectivity index (χ2v) is 7.46. The lowest BCUT2D eigenvalue weighted by atomic mass is 9.99. The maximum Gasteiger partial charge on any atom is 0.312 e. The van der Waals surface area contributed by atoms with Crippen molar-refractivity contribution in [3.05, 3.63) is 71.8 Å². The molecule has 6 rings (SSSR count). The third-order valence-electron chi connectivity index (χ3n) is 5.48. The van der Waals surface area contributed by atoms with E-state index >= 15 is 0 Å². The van der Waals surface area contributed by atoms with Gasteiger partial charge in [-0.2, -0.15) is 10.2 Å². The number of imidazole rings is 1. The first kappa shape index (κ1) is 18.4. The van der Waals surface area contributed by atoms with Crippen LogP contribution in [-0.2, 0) is 13.5 Å². The molecule has 0 aromatic carbocycles. The summed E-state index contributed by atoms with van der Waals surface area (Å²) in [4.78, 5) is 22.5. The number of hydrogen-bond donors (Lipinski definition) is 1. The van der Waals surface area contributed by atoms with Gasteiger partial charge in [0.05, 0.1) is 17.7 Å². The number of pyridine rings is 1. The van der Waals surface area contributed by atoms with Crippen LogP contribution in [0.3, 0.4) is 0 Å². The van der Waals surface area contributed by atoms with E-state index in [4.69, 9.17) is 4.42 Å². The van der Waals surface area contributed by atoms with Crippen molar-refractivity contribution in [3.8, 4) is 11.6 Å². The first-order chi connectivity index (χ1) is 15.6. The van der Waals surface area contributed by atoms with Crippen molar-refractivity contribution in [1.29, 1.82) is 0 Å². The fourth-order valence-electron chi connectivity index (χ4n) is 3.99. The number of aryl methyl sites for hydroxylation is 1. The second-order valence-electron chi connectivity index (χ2n) is 7.46. The Labute approximate surface area is 179 Å². The monoisotopic (exact) mass is 433 g/mol. The highest BCUT2D eigenvalue weighted by Crippen LogP contribution is 2.34. The number of H-pyrrole nitrogens is 1. The molecule has 5 aromatic heterocycles. The summed E-state index contributed by atoms with van der Waals surface area (Å²) in [5.41, 5.74) is 2.82. The Morgan fingerprint density at radius 3 is 2.97 bits per heavy atom. The standard InChI is InChI=1S/C20H16FN9O2/c1-28-7-4-13(26-28)18-24-25-19(32-18)20(31)29-8-5-12-16(23-10-22-12)17(29)14-9-15-11(21)3-2-6-30(15)27-14/h2-4,6-7,9-10,17H,5,8H2,1H3,(H,22,23)/t17-/m0/s1. The molecule has 0 aliphatic carbocycles. The first-order valence-corrected chi connectivity index (χ1v) is 9.89. The number of carbonyl (C=O) groups excluding carboxylic acids is 1. The summed E-state index contributed by atoms with van der Waals surface area (Å²) in [7, 11) is 1.77. The first-order valence-electron chi connectivity index (χ1n) is 9.89. The molecule has 5 aromatic rings. The summed E-state index contributed by atoms with van der Waals surface area (Å²) >= 11 is 0. The van der Waals surface area contributed by atoms with Crippen molar-refractivity contribution < 1.29 is 13.6 Å². The van der Waals surface area contributed by atoms with Crippen molar-refractivity contribution >= 4 is 11.4 Å². The molecule has 0 fully saturated rings. The molecule has 1 amide bonds. The largest absolute Gasteiger partial charge is 0.411 e. The van der Waals surface area contributed by atoms with Crippen LogP contribution in [-0.4, -0.2) is 56.9 Å². The Balaban J connectivity index is 1.41. The molecule has 0 unspecified atom stereocenters. The number of carbonyl (C=O) groups is 1. The molecule has 6 heterocycles. The van der Waals surface area contributed by atoms with Gasteiger partial charge in [-0.1, -0.05) is 0 Å². The van der Waals surface area contributed by atoms with Gasteiger partial charge in [-0.05, 0) is 24.3 Å². The maximum atomic E-state index is 14.3. The summed E-state index contributed by atoms with van der Waals surface area (Å²) in [6, 6.07) is 5.63. The number of aromatic amines is 1. The summed E-state index contributed by atoms with van der Waals surface area (Å²) in [6.07, 6.45) is 5.54. The molecule has 1 aliphatic heterocycles. The predicted octanol–water partition coefficient (Wildman–Crippen LogP) is 1.77. The minimum atomic E-state index is -0.637. The van der Waals surface area contributed by atoms with Crippen LogP contribution in [0.4, 0.5) is 4.39 Å². The average Bonchev–Trinajstić information content (AvgIpc) is 3.57. The topological polar surface area (TPSA) is 123 Å². The smallest absolute Gasteiger partial charge is 0.312 e. The van der Waals surface area contributed by atoms with Crippen LogP contribution in [0.15, 0.2) is 47.4 Å². The van der Waals surface area contributed by atoms with Crippen LogP contribution in [0.5, 0.6) is 0 Å². The summed E-state index contributed by atoms with van der Waals surface area (Å²) < 4.78 is 23.0. The van der Waals surface area contributed by atoms with Gasteiger partial charge in [0.25, 0.3) is 5.89 Å². The Hall–Kier alpha value is -4.35. The number of amides is 1. The van der Waals surface area contributed by atoms with E-state index in [-0.39, 0.29) is 11.8 Å². The number of aromatic nitrogens is 8. The molecule has 0 bridgehead atoms. The molecule has 0 saturated carbocycles. The zero-order chi connectivity index (χ0) is 21.8. The average molecular weight is 433 g/mol. The van der Waals surface area contributed by atoms with Crippen LogP contribution >= 0.6 is 0 Å². The zero-order valence-electron chi connectivity index (χ0n) is 16.8. The minimum Gasteiger partial charge on any atom is -0.411 e. The van der Waals surface area contributed by atoms with E-state index in [1.165, 1.54) is 10.6 Å². The second kappa shape index (κ2) is 6.83. The lowest BCUT2D eigenvalue weighted by Crippen LogP contribution is -2.41. The van der Waals surface area contributed by atoms with Crippen LogP contribution in [0.2, 0.25) is 0 Å². The molecule has 12 heteroatoms. The molecule has 32 heavy (non-hydrogen) atoms. The van der Waals surface area contributed by atoms with E-state index in [1.54, 1.807) is 53.5 Å². The molecule has 0 radical (unpaired) electrons. The van der Waals surface area contributed by atoms with E-state index in [9.17, 15) is 9.18 Å². The molecule has 11 nitrogen and oxygen atoms in total. The number of rotatable bonds is 3. The van der Waals surface area contributed by atoms with E-state index in [1.807, 2.05) is 0 Å². The molecule has 0 saturated heterocycles. The van der Waals surface area contributed by atoms with Gasteiger partial charge in [0.2, 0.25) is 0 Å². The SMILES string of the molecule is Cn1ccc(-c2nnc(C(=O)N3CCc4[nH]cnc4[C@@H]3c3cc4c(F)cccn4n3)o2)n1. The molecule has 160 valence electrons. The van der Waals surface area contributed by atoms with Gasteiger partial charge in [0.15, 0.2) is 0 Å². The Morgan fingerprint density at radius 1 is 1.25 bits per heavy atom. The number of nitrogens with zero attached hydrogens (tertiary/aromatic N) is 8. The van der Waals surface area contributed by atoms with Crippen molar-refractivity contribution in [3.63, 3.8) is 0 Å². The van der Waals surface area contributed by atoms with Gasteiger partial charge in [-0.25, -0.2) is 13.9 Å². The van der Waals surface area contributed by atoms with Crippen LogP contribution in [0, 0.1) is 5.82 Å². The fourth-order valence-corrected chi connectivity index (χ4v) is 3.99. The Bertz CT molecular complexity index is 1460. The third-order valence-corrected chi connectivity index (χ3v) is 5.48. The predicted molar refractivity (Wildman–Crippen MR) is 107 cm³/mol. The summed E-state index contributed by atoms with van der Waals surface area (Å²) in [6.45, 7) is 0.371. The van der Waals surface area contributed by atoms with Gasteiger partial charge in [0.1, 0.15) is 23.1 Å². The highest BCUT2D eigenvalue weighted by Gasteiger charge is 2.38. The minimum absolute atomic E-state index is 0.151. The quantitative estimate of drug-likeness (QED) is 0.460. The van der Waals surface area contributed by atoms with Crippen molar-refractivity contribution in [2.45, 2.75) is 12.5 Å². The van der Waals surface area contributed by atoms with Crippen LogP contribution in [0.1, 0.15) is 33.8 Å². The van der Waals surface area contributed by atoms with Gasteiger partial charge in [-0.15, -0.1) is 10.2 Å². The van der Waals surface area contributed by atoms with Crippen molar-refractivity contribution in [1.82, 2.24) is 44.5 Å². The number of nitrogens with one attached hydrogen (secondary N) is 1. The maximum absolute atomic E-state index is 14.3. The van der Waals surface area contributed by atoms with Crippen molar-refractivity contribution in [2.24, 2.45) is 7.05 Å². The normalized spacial score (nSPS) is 15.9. The van der Waals surface area contributed by atoms with E-state index < -0.39 is 17.8 Å². The molecular weight excluding hydrogens is 417 g/mol. The fraction of sp³-hybridized carbons (Fsp3) is 0.200. The highest BCUT2D eigenvalue weighted by atomic mass is 19.1. The lowest BCUT2D eigenvalue weighted by Gasteiger charge is -2.32. The van der Waals surface area contributed by atoms with E-state index in [0.717, 1.165) is 5.69 Å². The van der Waals surface area contributed by atoms with Crippen LogP contribution < -0.4 is 0 Å². The number of hydrogen-bond acceptors (Lipinski definition) is 7. The van der Waals surface area contributed by atoms with Gasteiger partial charge in [-0.3, -0.25) is 9.48 Å². The molecule has 1 aliphatic rings. The number of fused-ring (bicyclic) bond motifs is 2.